The van der Waals surface area contributed by atoms with Crippen LogP contribution >= 0.6 is 0 Å². The zero-order valence-electron chi connectivity index (χ0n) is 21.7. The molecule has 0 saturated carbocycles. The van der Waals surface area contributed by atoms with Crippen molar-refractivity contribution in [2.45, 2.75) is 38.6 Å². The third kappa shape index (κ3) is 5.88. The lowest BCUT2D eigenvalue weighted by Gasteiger charge is -2.26. The molecule has 198 valence electrons. The molecule has 0 radical (unpaired) electrons. The summed E-state index contributed by atoms with van der Waals surface area (Å²) in [7, 11) is 1.53. The molecule has 1 amide bonds. The van der Waals surface area contributed by atoms with Gasteiger partial charge in [0, 0.05) is 12.1 Å². The number of nitrogens with zero attached hydrogens (tertiary/aromatic N) is 1. The van der Waals surface area contributed by atoms with Gasteiger partial charge in [-0.15, -0.1) is 0 Å². The second kappa shape index (κ2) is 12.4. The number of aliphatic hydroxyl groups excluding tert-OH is 1. The first-order valence-electron chi connectivity index (χ1n) is 12.8. The topological polar surface area (TPSA) is 76.1 Å². The number of ether oxygens (including phenoxy) is 2. The van der Waals surface area contributed by atoms with Crippen molar-refractivity contribution in [3.63, 3.8) is 0 Å². The maximum atomic E-state index is 13.5. The van der Waals surface area contributed by atoms with Gasteiger partial charge in [-0.2, -0.15) is 0 Å². The molecule has 1 unspecified atom stereocenters. The van der Waals surface area contributed by atoms with Gasteiger partial charge >= 0.3 is 0 Å². The fourth-order valence-electron chi connectivity index (χ4n) is 4.62. The van der Waals surface area contributed by atoms with Gasteiger partial charge in [0.15, 0.2) is 11.5 Å². The maximum absolute atomic E-state index is 13.5. The van der Waals surface area contributed by atoms with Gasteiger partial charge in [0.2, 0.25) is 0 Å². The number of Topliss-reactive ketones (excluding diaryl/α,β-unsaturated/α-hetero) is 1. The van der Waals surface area contributed by atoms with Crippen LogP contribution in [0.15, 0.2) is 78.4 Å². The van der Waals surface area contributed by atoms with Gasteiger partial charge in [0.1, 0.15) is 11.6 Å². The second-order valence-electron chi connectivity index (χ2n) is 9.20. The fraction of sp³-hybridized carbons (Fsp3) is 0.290. The Balaban J connectivity index is 1.74. The second-order valence-corrected chi connectivity index (χ2v) is 9.20. The Morgan fingerprint density at radius 2 is 1.71 bits per heavy atom. The Kier molecular flexibility index (Phi) is 8.79. The largest absolute Gasteiger partial charge is 0.507 e. The number of amides is 1. The summed E-state index contributed by atoms with van der Waals surface area (Å²) in [5, 5.41) is 11.2. The molecule has 3 aromatic carbocycles. The average molecular weight is 518 g/mol. The van der Waals surface area contributed by atoms with Crippen molar-refractivity contribution in [1.29, 1.82) is 0 Å². The number of unbranched alkanes of at least 4 members (excludes halogenated alkanes) is 2. The van der Waals surface area contributed by atoms with E-state index in [0.717, 1.165) is 24.8 Å². The van der Waals surface area contributed by atoms with Crippen molar-refractivity contribution >= 4 is 17.4 Å². The lowest BCUT2D eigenvalue weighted by molar-refractivity contribution is -0.139. The van der Waals surface area contributed by atoms with Crippen molar-refractivity contribution in [3.05, 3.63) is 101 Å². The Morgan fingerprint density at radius 3 is 2.39 bits per heavy atom. The Labute approximate surface area is 222 Å². The predicted molar refractivity (Wildman–Crippen MR) is 144 cm³/mol. The van der Waals surface area contributed by atoms with Crippen LogP contribution in [-0.2, 0) is 16.0 Å². The van der Waals surface area contributed by atoms with E-state index in [4.69, 9.17) is 9.47 Å². The molecule has 0 aromatic heterocycles. The van der Waals surface area contributed by atoms with Crippen molar-refractivity contribution in [1.82, 2.24) is 4.90 Å². The Hall–Kier alpha value is -4.13. The molecule has 4 rings (SSSR count). The molecule has 1 fully saturated rings. The zero-order chi connectivity index (χ0) is 27.1. The first-order valence-corrected chi connectivity index (χ1v) is 12.8. The van der Waals surface area contributed by atoms with E-state index in [-0.39, 0.29) is 23.4 Å². The summed E-state index contributed by atoms with van der Waals surface area (Å²) in [6, 6.07) is 19.2. The molecule has 6 nitrogen and oxygen atoms in total. The van der Waals surface area contributed by atoms with Gasteiger partial charge in [0.25, 0.3) is 11.7 Å². The maximum Gasteiger partial charge on any atom is 0.295 e. The van der Waals surface area contributed by atoms with Crippen LogP contribution in [0, 0.1) is 5.82 Å². The van der Waals surface area contributed by atoms with Crippen LogP contribution in [0.3, 0.4) is 0 Å². The molecule has 1 atom stereocenters. The first kappa shape index (κ1) is 26.9. The Bertz CT molecular complexity index is 1300. The van der Waals surface area contributed by atoms with Gasteiger partial charge in [-0.05, 0) is 60.4 Å². The highest BCUT2D eigenvalue weighted by molar-refractivity contribution is 6.46. The molecule has 7 heteroatoms. The van der Waals surface area contributed by atoms with Gasteiger partial charge in [-0.1, -0.05) is 56.2 Å². The molecule has 3 aromatic rings. The molecule has 0 aliphatic carbocycles. The third-order valence-corrected chi connectivity index (χ3v) is 6.65. The molecule has 1 N–H and O–H groups in total. The number of carbonyl (C=O) groups is 2. The van der Waals surface area contributed by atoms with Crippen molar-refractivity contribution < 1.29 is 28.6 Å². The quantitative estimate of drug-likeness (QED) is 0.145. The molecule has 1 saturated heterocycles. The van der Waals surface area contributed by atoms with Gasteiger partial charge in [-0.3, -0.25) is 9.59 Å². The van der Waals surface area contributed by atoms with Crippen molar-refractivity contribution in [2.75, 3.05) is 20.3 Å². The van der Waals surface area contributed by atoms with E-state index in [1.807, 2.05) is 30.3 Å². The van der Waals surface area contributed by atoms with Crippen molar-refractivity contribution in [2.24, 2.45) is 0 Å². The highest BCUT2D eigenvalue weighted by atomic mass is 19.1. The van der Waals surface area contributed by atoms with E-state index in [1.54, 1.807) is 18.2 Å². The number of methoxy groups -OCH3 is 1. The zero-order valence-corrected chi connectivity index (χ0v) is 21.7. The number of hydrogen-bond donors (Lipinski definition) is 1. The Morgan fingerprint density at radius 1 is 0.974 bits per heavy atom. The van der Waals surface area contributed by atoms with E-state index < -0.39 is 23.5 Å². The number of ketones is 1. The third-order valence-electron chi connectivity index (χ3n) is 6.65. The number of benzene rings is 3. The van der Waals surface area contributed by atoms with Crippen LogP contribution in [0.4, 0.5) is 4.39 Å². The minimum absolute atomic E-state index is 0.0478. The summed E-state index contributed by atoms with van der Waals surface area (Å²) in [4.78, 5) is 28.0. The first-order chi connectivity index (χ1) is 18.4. The summed E-state index contributed by atoms with van der Waals surface area (Å²) in [6.07, 6.45) is 3.57. The van der Waals surface area contributed by atoms with E-state index >= 15 is 0 Å². The minimum atomic E-state index is -0.855. The predicted octanol–water partition coefficient (Wildman–Crippen LogP) is 6.07. The van der Waals surface area contributed by atoms with E-state index in [0.29, 0.717) is 30.1 Å². The number of aliphatic hydroxyl groups is 1. The molecule has 38 heavy (non-hydrogen) atoms. The molecular weight excluding hydrogens is 485 g/mol. The summed E-state index contributed by atoms with van der Waals surface area (Å²) in [5.41, 5.74) is 1.81. The smallest absolute Gasteiger partial charge is 0.295 e. The number of halogens is 1. The van der Waals surface area contributed by atoms with Crippen LogP contribution < -0.4 is 9.47 Å². The number of carbonyl (C=O) groups excluding carboxylic acids is 2. The monoisotopic (exact) mass is 517 g/mol. The fourth-order valence-corrected chi connectivity index (χ4v) is 4.62. The summed E-state index contributed by atoms with van der Waals surface area (Å²) in [6.45, 7) is 2.93. The standard InChI is InChI=1S/C31H32FNO5/c1-3-4-8-19-38-25-16-13-23(20-26(25)37-2)28-27(29(34)22-11-14-24(32)15-12-22)30(35)31(36)33(28)18-17-21-9-6-5-7-10-21/h5-7,9-16,20,28,34H,3-4,8,17-19H2,1-2H3. The van der Waals surface area contributed by atoms with Crippen LogP contribution in [0.25, 0.3) is 5.76 Å². The van der Waals surface area contributed by atoms with Gasteiger partial charge in [0.05, 0.1) is 25.3 Å². The van der Waals surface area contributed by atoms with Crippen LogP contribution in [0.2, 0.25) is 0 Å². The summed E-state index contributed by atoms with van der Waals surface area (Å²) < 4.78 is 25.0. The molecule has 0 bridgehead atoms. The van der Waals surface area contributed by atoms with Crippen LogP contribution in [0.5, 0.6) is 11.5 Å². The number of hydrogen-bond acceptors (Lipinski definition) is 5. The highest BCUT2D eigenvalue weighted by Gasteiger charge is 2.46. The number of likely N-dealkylation sites (tertiary alicyclic amines) is 1. The van der Waals surface area contributed by atoms with E-state index in [2.05, 4.69) is 6.92 Å². The van der Waals surface area contributed by atoms with Gasteiger partial charge < -0.3 is 19.5 Å². The van der Waals surface area contributed by atoms with Crippen LogP contribution in [0.1, 0.15) is 48.9 Å². The molecular formula is C31H32FNO5. The average Bonchev–Trinajstić information content (AvgIpc) is 3.19. The summed E-state index contributed by atoms with van der Waals surface area (Å²) in [5.74, 6) is -1.28. The molecule has 0 spiro atoms. The summed E-state index contributed by atoms with van der Waals surface area (Å²) >= 11 is 0. The normalized spacial score (nSPS) is 16.6. The lowest BCUT2D eigenvalue weighted by Crippen LogP contribution is -2.31. The van der Waals surface area contributed by atoms with Crippen molar-refractivity contribution in [3.8, 4) is 11.5 Å². The lowest BCUT2D eigenvalue weighted by atomic mass is 9.94. The molecule has 1 aliphatic heterocycles. The van der Waals surface area contributed by atoms with E-state index in [9.17, 15) is 19.1 Å². The molecule has 1 heterocycles. The molecule has 1 aliphatic rings. The SMILES string of the molecule is CCCCCOc1ccc(C2C(=C(O)c3ccc(F)cc3)C(=O)C(=O)N2CCc2ccccc2)cc1OC. The van der Waals surface area contributed by atoms with Crippen LogP contribution in [-0.4, -0.2) is 42.0 Å². The highest BCUT2D eigenvalue weighted by Crippen LogP contribution is 2.42. The minimum Gasteiger partial charge on any atom is -0.507 e. The van der Waals surface area contributed by atoms with E-state index in [1.165, 1.54) is 36.3 Å². The van der Waals surface area contributed by atoms with Gasteiger partial charge in [-0.25, -0.2) is 4.39 Å². The number of rotatable bonds is 11.